The number of amides is 1. The van der Waals surface area contributed by atoms with Gasteiger partial charge in [0.25, 0.3) is 0 Å². The van der Waals surface area contributed by atoms with Gasteiger partial charge in [0.15, 0.2) is 0 Å². The largest absolute Gasteiger partial charge is 0.493 e. The highest BCUT2D eigenvalue weighted by Crippen LogP contribution is 2.26. The monoisotopic (exact) mass is 318 g/mol. The second kappa shape index (κ2) is 7.31. The number of carbonyl (C=O) groups is 1. The van der Waals surface area contributed by atoms with Crippen LogP contribution in [0.4, 0.5) is 0 Å². The SMILES string of the molecule is O=C(NCCSc1cn[nH]n1)[C@H]1CCOc2ccccc2C1. The van der Waals surface area contributed by atoms with Crippen molar-refractivity contribution in [2.24, 2.45) is 5.92 Å². The van der Waals surface area contributed by atoms with Crippen LogP contribution in [-0.2, 0) is 11.2 Å². The molecule has 0 radical (unpaired) electrons. The number of hydrogen-bond acceptors (Lipinski definition) is 5. The summed E-state index contributed by atoms with van der Waals surface area (Å²) in [6.07, 6.45) is 3.15. The number of rotatable bonds is 5. The standard InChI is InChI=1S/C15H18N4O2S/c20-15(16-6-8-22-14-10-17-19-18-14)12-5-7-21-13-4-2-1-3-11(13)9-12/h1-4,10,12H,5-9H2,(H,16,20)(H,17,18,19)/t12-/m0/s1. The molecule has 1 amide bonds. The first-order chi connectivity index (χ1) is 10.8. The van der Waals surface area contributed by atoms with Gasteiger partial charge in [-0.2, -0.15) is 10.3 Å². The van der Waals surface area contributed by atoms with Crippen molar-refractivity contribution in [2.75, 3.05) is 18.9 Å². The van der Waals surface area contributed by atoms with Crippen molar-refractivity contribution in [1.82, 2.24) is 20.7 Å². The third-order valence-corrected chi connectivity index (χ3v) is 4.48. The van der Waals surface area contributed by atoms with Crippen molar-refractivity contribution < 1.29 is 9.53 Å². The summed E-state index contributed by atoms with van der Waals surface area (Å²) in [6, 6.07) is 7.93. The summed E-state index contributed by atoms with van der Waals surface area (Å²) < 4.78 is 5.70. The number of aromatic amines is 1. The highest BCUT2D eigenvalue weighted by Gasteiger charge is 2.23. The molecule has 0 bridgehead atoms. The average Bonchev–Trinajstić information content (AvgIpc) is 2.95. The number of ether oxygens (including phenoxy) is 1. The van der Waals surface area contributed by atoms with Crippen LogP contribution in [0.15, 0.2) is 35.5 Å². The van der Waals surface area contributed by atoms with E-state index in [9.17, 15) is 4.79 Å². The average molecular weight is 318 g/mol. The van der Waals surface area contributed by atoms with Gasteiger partial charge in [0, 0.05) is 18.2 Å². The molecule has 0 unspecified atom stereocenters. The number of nitrogens with zero attached hydrogens (tertiary/aromatic N) is 2. The predicted molar refractivity (Wildman–Crippen MR) is 83.9 cm³/mol. The Balaban J connectivity index is 1.48. The van der Waals surface area contributed by atoms with E-state index in [1.165, 1.54) is 0 Å². The number of thioether (sulfide) groups is 1. The smallest absolute Gasteiger partial charge is 0.223 e. The van der Waals surface area contributed by atoms with E-state index in [0.29, 0.717) is 13.2 Å². The molecule has 2 heterocycles. The molecule has 7 heteroatoms. The van der Waals surface area contributed by atoms with Crippen molar-refractivity contribution in [1.29, 1.82) is 0 Å². The first kappa shape index (κ1) is 14.9. The number of nitrogens with one attached hydrogen (secondary N) is 2. The molecular weight excluding hydrogens is 300 g/mol. The molecule has 2 aromatic rings. The van der Waals surface area contributed by atoms with Crippen molar-refractivity contribution in [3.05, 3.63) is 36.0 Å². The third kappa shape index (κ3) is 3.79. The maximum Gasteiger partial charge on any atom is 0.223 e. The molecule has 0 saturated carbocycles. The fourth-order valence-corrected chi connectivity index (χ4v) is 3.10. The van der Waals surface area contributed by atoms with Crippen molar-refractivity contribution in [3.63, 3.8) is 0 Å². The summed E-state index contributed by atoms with van der Waals surface area (Å²) in [7, 11) is 0. The first-order valence-corrected chi connectivity index (χ1v) is 8.28. The Bertz CT molecular complexity index is 618. The van der Waals surface area contributed by atoms with Crippen LogP contribution in [0.25, 0.3) is 0 Å². The summed E-state index contributed by atoms with van der Waals surface area (Å²) >= 11 is 1.56. The van der Waals surface area contributed by atoms with Crippen LogP contribution in [0.1, 0.15) is 12.0 Å². The van der Waals surface area contributed by atoms with Gasteiger partial charge in [-0.3, -0.25) is 4.79 Å². The Hall–Kier alpha value is -2.02. The predicted octanol–water partition coefficient (Wildman–Crippen LogP) is 1.65. The van der Waals surface area contributed by atoms with Gasteiger partial charge in [0.1, 0.15) is 10.8 Å². The Labute approximate surface area is 133 Å². The van der Waals surface area contributed by atoms with Crippen LogP contribution in [0.2, 0.25) is 0 Å². The maximum absolute atomic E-state index is 12.3. The van der Waals surface area contributed by atoms with Gasteiger partial charge in [0.05, 0.1) is 12.8 Å². The molecule has 1 atom stereocenters. The topological polar surface area (TPSA) is 79.9 Å². The molecule has 116 valence electrons. The lowest BCUT2D eigenvalue weighted by atomic mass is 9.96. The number of carbonyl (C=O) groups excluding carboxylic acids is 1. The first-order valence-electron chi connectivity index (χ1n) is 7.30. The number of H-pyrrole nitrogens is 1. The van der Waals surface area contributed by atoms with Crippen LogP contribution in [0.3, 0.4) is 0 Å². The van der Waals surface area contributed by atoms with Gasteiger partial charge >= 0.3 is 0 Å². The summed E-state index contributed by atoms with van der Waals surface area (Å²) in [5.41, 5.74) is 1.11. The summed E-state index contributed by atoms with van der Waals surface area (Å²) in [5, 5.41) is 14.1. The van der Waals surface area contributed by atoms with Gasteiger partial charge in [-0.05, 0) is 24.5 Å². The minimum atomic E-state index is -0.0271. The lowest BCUT2D eigenvalue weighted by molar-refractivity contribution is -0.125. The lowest BCUT2D eigenvalue weighted by Crippen LogP contribution is -2.33. The van der Waals surface area contributed by atoms with Gasteiger partial charge < -0.3 is 10.1 Å². The van der Waals surface area contributed by atoms with E-state index >= 15 is 0 Å². The Morgan fingerprint density at radius 2 is 2.36 bits per heavy atom. The lowest BCUT2D eigenvalue weighted by Gasteiger charge is -2.13. The van der Waals surface area contributed by atoms with Crippen LogP contribution in [0.5, 0.6) is 5.75 Å². The second-order valence-corrected chi connectivity index (χ2v) is 6.21. The molecule has 2 N–H and O–H groups in total. The molecule has 0 saturated heterocycles. The molecule has 6 nitrogen and oxygen atoms in total. The minimum absolute atomic E-state index is 0.0271. The van der Waals surface area contributed by atoms with Crippen LogP contribution >= 0.6 is 11.8 Å². The highest BCUT2D eigenvalue weighted by molar-refractivity contribution is 7.99. The number of aromatic nitrogens is 3. The van der Waals surface area contributed by atoms with E-state index in [2.05, 4.69) is 20.7 Å². The quantitative estimate of drug-likeness (QED) is 0.647. The zero-order chi connectivity index (χ0) is 15.2. The van der Waals surface area contributed by atoms with Gasteiger partial charge in [-0.1, -0.05) is 18.2 Å². The van der Waals surface area contributed by atoms with Crippen molar-refractivity contribution >= 4 is 17.7 Å². The summed E-state index contributed by atoms with van der Waals surface area (Å²) in [5.74, 6) is 1.75. The van der Waals surface area contributed by atoms with E-state index in [4.69, 9.17) is 4.74 Å². The van der Waals surface area contributed by atoms with E-state index in [1.807, 2.05) is 24.3 Å². The third-order valence-electron chi connectivity index (χ3n) is 3.58. The zero-order valence-electron chi connectivity index (χ0n) is 12.1. The number of para-hydroxylation sites is 1. The van der Waals surface area contributed by atoms with E-state index in [1.54, 1.807) is 18.0 Å². The second-order valence-electron chi connectivity index (χ2n) is 5.09. The molecule has 0 fully saturated rings. The fourth-order valence-electron chi connectivity index (χ4n) is 2.45. The molecule has 22 heavy (non-hydrogen) atoms. The number of benzene rings is 1. The molecule has 1 aromatic carbocycles. The van der Waals surface area contributed by atoms with Gasteiger partial charge in [0.2, 0.25) is 5.91 Å². The van der Waals surface area contributed by atoms with Crippen LogP contribution < -0.4 is 10.1 Å². The van der Waals surface area contributed by atoms with Crippen LogP contribution in [0, 0.1) is 5.92 Å². The molecular formula is C15H18N4O2S. The Kier molecular flexibility index (Phi) is 4.95. The fraction of sp³-hybridized carbons (Fsp3) is 0.400. The summed E-state index contributed by atoms with van der Waals surface area (Å²) in [6.45, 7) is 1.21. The minimum Gasteiger partial charge on any atom is -0.493 e. The highest BCUT2D eigenvalue weighted by atomic mass is 32.2. The molecule has 0 aliphatic carbocycles. The summed E-state index contributed by atoms with van der Waals surface area (Å²) in [4.78, 5) is 12.3. The van der Waals surface area contributed by atoms with Crippen LogP contribution in [-0.4, -0.2) is 40.2 Å². The van der Waals surface area contributed by atoms with E-state index < -0.39 is 0 Å². The Morgan fingerprint density at radius 3 is 3.23 bits per heavy atom. The van der Waals surface area contributed by atoms with Crippen molar-refractivity contribution in [2.45, 2.75) is 17.9 Å². The maximum atomic E-state index is 12.3. The molecule has 1 aliphatic heterocycles. The van der Waals surface area contributed by atoms with E-state index in [-0.39, 0.29) is 11.8 Å². The molecule has 1 aromatic heterocycles. The van der Waals surface area contributed by atoms with Crippen molar-refractivity contribution in [3.8, 4) is 5.75 Å². The molecule has 3 rings (SSSR count). The number of hydrogen-bond donors (Lipinski definition) is 2. The zero-order valence-corrected chi connectivity index (χ0v) is 12.9. The Morgan fingerprint density at radius 1 is 1.45 bits per heavy atom. The molecule has 1 aliphatic rings. The van der Waals surface area contributed by atoms with E-state index in [0.717, 1.165) is 34.9 Å². The normalized spacial score (nSPS) is 17.2. The number of fused-ring (bicyclic) bond motifs is 1. The van der Waals surface area contributed by atoms with Gasteiger partial charge in [-0.15, -0.1) is 16.9 Å². The van der Waals surface area contributed by atoms with Gasteiger partial charge in [-0.25, -0.2) is 0 Å². The molecule has 0 spiro atoms.